The summed E-state index contributed by atoms with van der Waals surface area (Å²) < 4.78 is 5.03. The largest absolute Gasteiger partial charge is 0.466 e. The van der Waals surface area contributed by atoms with Gasteiger partial charge in [-0.25, -0.2) is 0 Å². The van der Waals surface area contributed by atoms with Crippen LogP contribution in [0.2, 0.25) is 0 Å². The third-order valence-electron chi connectivity index (χ3n) is 3.13. The van der Waals surface area contributed by atoms with E-state index < -0.39 is 0 Å². The van der Waals surface area contributed by atoms with Gasteiger partial charge in [0.05, 0.1) is 12.5 Å². The van der Waals surface area contributed by atoms with Crippen LogP contribution in [-0.2, 0) is 9.53 Å². The lowest BCUT2D eigenvalue weighted by molar-refractivity contribution is -0.147. The van der Waals surface area contributed by atoms with Gasteiger partial charge >= 0.3 is 5.97 Å². The second kappa shape index (κ2) is 3.66. The molecule has 0 bridgehead atoms. The first-order chi connectivity index (χ1) is 6.31. The molecule has 2 rings (SSSR count). The van der Waals surface area contributed by atoms with Crippen LogP contribution in [0.15, 0.2) is 0 Å². The molecule has 2 saturated heterocycles. The van der Waals surface area contributed by atoms with E-state index in [1.807, 2.05) is 6.92 Å². The zero-order valence-corrected chi connectivity index (χ0v) is 8.16. The van der Waals surface area contributed by atoms with E-state index in [2.05, 4.69) is 4.90 Å². The topological polar surface area (TPSA) is 29.5 Å². The molecular formula is C10H17NO2. The molecule has 0 aromatic rings. The van der Waals surface area contributed by atoms with Gasteiger partial charge in [-0.1, -0.05) is 0 Å². The molecule has 2 aliphatic rings. The predicted octanol–water partition coefficient (Wildman–Crippen LogP) is 1.03. The number of carbonyl (C=O) groups excluding carboxylic acids is 1. The minimum atomic E-state index is 0.0110. The molecule has 0 spiro atoms. The zero-order valence-electron chi connectivity index (χ0n) is 8.16. The molecule has 2 heterocycles. The van der Waals surface area contributed by atoms with Crippen LogP contribution in [0, 0.1) is 5.92 Å². The number of rotatable bonds is 2. The van der Waals surface area contributed by atoms with Gasteiger partial charge in [-0.15, -0.1) is 0 Å². The summed E-state index contributed by atoms with van der Waals surface area (Å²) in [6.45, 7) is 4.50. The molecule has 3 nitrogen and oxygen atoms in total. The van der Waals surface area contributed by atoms with Crippen molar-refractivity contribution in [1.29, 1.82) is 0 Å². The zero-order chi connectivity index (χ0) is 9.26. The fraction of sp³-hybridized carbons (Fsp3) is 0.900. The van der Waals surface area contributed by atoms with Gasteiger partial charge in [-0.05, 0) is 32.7 Å². The van der Waals surface area contributed by atoms with E-state index in [-0.39, 0.29) is 11.9 Å². The van der Waals surface area contributed by atoms with Crippen molar-refractivity contribution in [3.63, 3.8) is 0 Å². The molecule has 0 aromatic heterocycles. The van der Waals surface area contributed by atoms with Crippen LogP contribution in [0.1, 0.15) is 26.2 Å². The van der Waals surface area contributed by atoms with Gasteiger partial charge < -0.3 is 4.74 Å². The van der Waals surface area contributed by atoms with E-state index in [9.17, 15) is 4.79 Å². The summed E-state index contributed by atoms with van der Waals surface area (Å²) in [5, 5.41) is 0. The number of hydrogen-bond donors (Lipinski definition) is 0. The number of carbonyl (C=O) groups is 1. The SMILES string of the molecule is CCOC(=O)C1CC2CCCN2C1. The molecule has 0 amide bonds. The Kier molecular flexibility index (Phi) is 2.54. The van der Waals surface area contributed by atoms with E-state index in [0.717, 1.165) is 13.0 Å². The molecular weight excluding hydrogens is 166 g/mol. The molecule has 0 saturated carbocycles. The predicted molar refractivity (Wildman–Crippen MR) is 49.3 cm³/mol. The van der Waals surface area contributed by atoms with Crippen molar-refractivity contribution in [2.75, 3.05) is 19.7 Å². The molecule has 3 heteroatoms. The van der Waals surface area contributed by atoms with Crippen molar-refractivity contribution in [1.82, 2.24) is 4.90 Å². The Balaban J connectivity index is 1.87. The van der Waals surface area contributed by atoms with Crippen LogP contribution < -0.4 is 0 Å². The highest BCUT2D eigenvalue weighted by atomic mass is 16.5. The van der Waals surface area contributed by atoms with Gasteiger partial charge in [0.2, 0.25) is 0 Å². The summed E-state index contributed by atoms with van der Waals surface area (Å²) in [4.78, 5) is 13.9. The minimum absolute atomic E-state index is 0.0110. The molecule has 0 N–H and O–H groups in total. The lowest BCUT2D eigenvalue weighted by Crippen LogP contribution is -2.24. The number of esters is 1. The third-order valence-corrected chi connectivity index (χ3v) is 3.13. The highest BCUT2D eigenvalue weighted by Gasteiger charge is 2.38. The highest BCUT2D eigenvalue weighted by molar-refractivity contribution is 5.73. The van der Waals surface area contributed by atoms with Gasteiger partial charge in [0.15, 0.2) is 0 Å². The summed E-state index contributed by atoms with van der Waals surface area (Å²) in [7, 11) is 0. The summed E-state index contributed by atoms with van der Waals surface area (Å²) in [6.07, 6.45) is 3.61. The highest BCUT2D eigenvalue weighted by Crippen LogP contribution is 2.31. The van der Waals surface area contributed by atoms with Crippen molar-refractivity contribution < 1.29 is 9.53 Å². The number of hydrogen-bond acceptors (Lipinski definition) is 3. The van der Waals surface area contributed by atoms with E-state index in [0.29, 0.717) is 12.6 Å². The Bertz CT molecular complexity index is 193. The molecule has 2 unspecified atom stereocenters. The smallest absolute Gasteiger partial charge is 0.310 e. The van der Waals surface area contributed by atoms with E-state index >= 15 is 0 Å². The average molecular weight is 183 g/mol. The van der Waals surface area contributed by atoms with Gasteiger partial charge in [-0.2, -0.15) is 0 Å². The molecule has 0 aromatic carbocycles. The van der Waals surface area contributed by atoms with Crippen LogP contribution in [-0.4, -0.2) is 36.6 Å². The second-order valence-corrected chi connectivity index (χ2v) is 3.98. The van der Waals surface area contributed by atoms with E-state index in [4.69, 9.17) is 4.74 Å². The maximum Gasteiger partial charge on any atom is 0.310 e. The first kappa shape index (κ1) is 9.00. The van der Waals surface area contributed by atoms with Crippen molar-refractivity contribution in [2.45, 2.75) is 32.2 Å². The van der Waals surface area contributed by atoms with Gasteiger partial charge in [0.25, 0.3) is 0 Å². The van der Waals surface area contributed by atoms with Gasteiger partial charge in [0.1, 0.15) is 0 Å². The molecule has 74 valence electrons. The van der Waals surface area contributed by atoms with Crippen molar-refractivity contribution in [3.05, 3.63) is 0 Å². The van der Waals surface area contributed by atoms with Gasteiger partial charge in [-0.3, -0.25) is 9.69 Å². The monoisotopic (exact) mass is 183 g/mol. The van der Waals surface area contributed by atoms with Crippen molar-refractivity contribution in [3.8, 4) is 0 Å². The standard InChI is InChI=1S/C10H17NO2/c1-2-13-10(12)8-6-9-4-3-5-11(9)7-8/h8-9H,2-7H2,1H3. The summed E-state index contributed by atoms with van der Waals surface area (Å²) >= 11 is 0. The van der Waals surface area contributed by atoms with E-state index in [1.165, 1.54) is 19.4 Å². The van der Waals surface area contributed by atoms with Crippen LogP contribution in [0.3, 0.4) is 0 Å². The Hall–Kier alpha value is -0.570. The fourth-order valence-corrected chi connectivity index (χ4v) is 2.52. The van der Waals surface area contributed by atoms with Crippen LogP contribution >= 0.6 is 0 Å². The number of nitrogens with zero attached hydrogens (tertiary/aromatic N) is 1. The third kappa shape index (κ3) is 1.70. The molecule has 0 aliphatic carbocycles. The lowest BCUT2D eigenvalue weighted by atomic mass is 10.0. The Morgan fingerprint density at radius 1 is 1.62 bits per heavy atom. The molecule has 13 heavy (non-hydrogen) atoms. The number of ether oxygens (including phenoxy) is 1. The van der Waals surface area contributed by atoms with Gasteiger partial charge in [0, 0.05) is 12.6 Å². The van der Waals surface area contributed by atoms with Crippen LogP contribution in [0.4, 0.5) is 0 Å². The number of fused-ring (bicyclic) bond motifs is 1. The average Bonchev–Trinajstić information content (AvgIpc) is 2.61. The Morgan fingerprint density at radius 2 is 2.46 bits per heavy atom. The first-order valence-corrected chi connectivity index (χ1v) is 5.22. The molecule has 2 atom stereocenters. The molecule has 0 radical (unpaired) electrons. The normalized spacial score (nSPS) is 33.3. The minimum Gasteiger partial charge on any atom is -0.466 e. The summed E-state index contributed by atoms with van der Waals surface area (Å²) in [5.41, 5.74) is 0. The van der Waals surface area contributed by atoms with Crippen molar-refractivity contribution >= 4 is 5.97 Å². The fourth-order valence-electron chi connectivity index (χ4n) is 2.52. The Morgan fingerprint density at radius 3 is 3.15 bits per heavy atom. The summed E-state index contributed by atoms with van der Waals surface area (Å²) in [6, 6.07) is 0.675. The van der Waals surface area contributed by atoms with E-state index in [1.54, 1.807) is 0 Å². The second-order valence-electron chi connectivity index (χ2n) is 3.98. The quantitative estimate of drug-likeness (QED) is 0.599. The molecule has 2 fully saturated rings. The maximum atomic E-state index is 11.4. The Labute approximate surface area is 79.0 Å². The van der Waals surface area contributed by atoms with Crippen LogP contribution in [0.25, 0.3) is 0 Å². The lowest BCUT2D eigenvalue weighted by Gasteiger charge is -2.12. The van der Waals surface area contributed by atoms with Crippen molar-refractivity contribution in [2.24, 2.45) is 5.92 Å². The van der Waals surface area contributed by atoms with Crippen LogP contribution in [0.5, 0.6) is 0 Å². The maximum absolute atomic E-state index is 11.4. The molecule has 2 aliphatic heterocycles. The first-order valence-electron chi connectivity index (χ1n) is 5.22. The summed E-state index contributed by atoms with van der Waals surface area (Å²) in [5.74, 6) is 0.169.